The highest BCUT2D eigenvalue weighted by atomic mass is 16.5. The van der Waals surface area contributed by atoms with E-state index in [-0.39, 0.29) is 11.3 Å². The van der Waals surface area contributed by atoms with Crippen LogP contribution in [0.4, 0.5) is 5.69 Å². The van der Waals surface area contributed by atoms with Crippen molar-refractivity contribution in [1.29, 1.82) is 0 Å². The molecule has 0 saturated carbocycles. The van der Waals surface area contributed by atoms with Gasteiger partial charge in [-0.1, -0.05) is 48.5 Å². The standard InChI is InChI=1S/C30H25NO5/c1-19-17-22(14-16-24(19)35-18-21-9-5-3-6-10-21)28(32)26-27(25-15-13-20(2)36-25)31(30(34)29(26)33)23-11-7-4-8-12-23/h3-17,27,32H,18H2,1-2H3/b28-26-. The van der Waals surface area contributed by atoms with Gasteiger partial charge < -0.3 is 14.3 Å². The predicted octanol–water partition coefficient (Wildman–Crippen LogP) is 6.10. The molecule has 6 nitrogen and oxygen atoms in total. The van der Waals surface area contributed by atoms with Gasteiger partial charge in [0.1, 0.15) is 35.7 Å². The van der Waals surface area contributed by atoms with Crippen molar-refractivity contribution in [2.24, 2.45) is 0 Å². The Kier molecular flexibility index (Phi) is 6.17. The zero-order valence-electron chi connectivity index (χ0n) is 20.0. The van der Waals surface area contributed by atoms with Crippen LogP contribution in [0, 0.1) is 13.8 Å². The van der Waals surface area contributed by atoms with Crippen molar-refractivity contribution in [3.05, 3.63) is 125 Å². The molecule has 1 unspecified atom stereocenters. The number of rotatable bonds is 6. The minimum atomic E-state index is -0.893. The second kappa shape index (κ2) is 9.58. The Morgan fingerprint density at radius 1 is 0.917 bits per heavy atom. The van der Waals surface area contributed by atoms with E-state index in [2.05, 4.69) is 0 Å². The third-order valence-electron chi connectivity index (χ3n) is 6.19. The third-order valence-corrected chi connectivity index (χ3v) is 6.19. The highest BCUT2D eigenvalue weighted by molar-refractivity contribution is 6.51. The van der Waals surface area contributed by atoms with Gasteiger partial charge in [-0.05, 0) is 67.4 Å². The molecule has 0 spiro atoms. The van der Waals surface area contributed by atoms with Gasteiger partial charge in [-0.3, -0.25) is 14.5 Å². The number of aliphatic hydroxyl groups excluding tert-OH is 1. The molecule has 1 aromatic heterocycles. The van der Waals surface area contributed by atoms with Crippen molar-refractivity contribution in [2.75, 3.05) is 4.90 Å². The molecule has 0 aliphatic carbocycles. The number of para-hydroxylation sites is 1. The summed E-state index contributed by atoms with van der Waals surface area (Å²) in [5, 5.41) is 11.3. The molecule has 3 aromatic carbocycles. The molecule has 5 rings (SSSR count). The van der Waals surface area contributed by atoms with Crippen LogP contribution in [0.3, 0.4) is 0 Å². The van der Waals surface area contributed by atoms with E-state index in [1.807, 2.05) is 43.3 Å². The fourth-order valence-corrected chi connectivity index (χ4v) is 4.41. The van der Waals surface area contributed by atoms with Gasteiger partial charge in [-0.25, -0.2) is 0 Å². The average Bonchev–Trinajstić information content (AvgIpc) is 3.44. The lowest BCUT2D eigenvalue weighted by Crippen LogP contribution is -2.29. The molecule has 0 radical (unpaired) electrons. The van der Waals surface area contributed by atoms with Gasteiger partial charge >= 0.3 is 0 Å². The summed E-state index contributed by atoms with van der Waals surface area (Å²) >= 11 is 0. The Morgan fingerprint density at radius 2 is 1.61 bits per heavy atom. The van der Waals surface area contributed by atoms with Crippen molar-refractivity contribution < 1.29 is 23.8 Å². The minimum Gasteiger partial charge on any atom is -0.507 e. The van der Waals surface area contributed by atoms with E-state index in [1.54, 1.807) is 61.5 Å². The number of amides is 1. The van der Waals surface area contributed by atoms with Crippen LogP contribution in [-0.4, -0.2) is 16.8 Å². The first-order valence-electron chi connectivity index (χ1n) is 11.6. The van der Waals surface area contributed by atoms with E-state index >= 15 is 0 Å². The Balaban J connectivity index is 1.54. The third kappa shape index (κ3) is 4.29. The Bertz CT molecular complexity index is 1450. The second-order valence-corrected chi connectivity index (χ2v) is 8.71. The fourth-order valence-electron chi connectivity index (χ4n) is 4.41. The van der Waals surface area contributed by atoms with Gasteiger partial charge in [0.25, 0.3) is 11.7 Å². The van der Waals surface area contributed by atoms with E-state index in [0.717, 1.165) is 11.1 Å². The van der Waals surface area contributed by atoms with Gasteiger partial charge in [0, 0.05) is 11.3 Å². The molecule has 6 heteroatoms. The number of ether oxygens (including phenoxy) is 1. The Morgan fingerprint density at radius 3 is 2.25 bits per heavy atom. The van der Waals surface area contributed by atoms with Gasteiger partial charge in [-0.2, -0.15) is 0 Å². The first-order chi connectivity index (χ1) is 17.4. The maximum atomic E-state index is 13.2. The lowest BCUT2D eigenvalue weighted by molar-refractivity contribution is -0.132. The van der Waals surface area contributed by atoms with E-state index < -0.39 is 17.7 Å². The lowest BCUT2D eigenvalue weighted by Gasteiger charge is -2.23. The second-order valence-electron chi connectivity index (χ2n) is 8.71. The van der Waals surface area contributed by atoms with Crippen LogP contribution in [0.15, 0.2) is 101 Å². The molecule has 1 atom stereocenters. The number of anilines is 1. The Labute approximate surface area is 209 Å². The number of benzene rings is 3. The molecular formula is C30H25NO5. The summed E-state index contributed by atoms with van der Waals surface area (Å²) in [7, 11) is 0. The smallest absolute Gasteiger partial charge is 0.300 e. The first kappa shape index (κ1) is 23.2. The van der Waals surface area contributed by atoms with Crippen LogP contribution in [-0.2, 0) is 16.2 Å². The van der Waals surface area contributed by atoms with Crippen LogP contribution in [0.1, 0.15) is 34.3 Å². The van der Waals surface area contributed by atoms with Crippen LogP contribution in [0.5, 0.6) is 5.75 Å². The molecular weight excluding hydrogens is 454 g/mol. The van der Waals surface area contributed by atoms with E-state index in [4.69, 9.17) is 9.15 Å². The lowest BCUT2D eigenvalue weighted by atomic mass is 9.98. The maximum Gasteiger partial charge on any atom is 0.300 e. The van der Waals surface area contributed by atoms with Crippen molar-refractivity contribution >= 4 is 23.1 Å². The molecule has 36 heavy (non-hydrogen) atoms. The van der Waals surface area contributed by atoms with Gasteiger partial charge in [0.05, 0.1) is 5.57 Å². The van der Waals surface area contributed by atoms with Crippen LogP contribution in [0.2, 0.25) is 0 Å². The van der Waals surface area contributed by atoms with Crippen LogP contribution < -0.4 is 9.64 Å². The van der Waals surface area contributed by atoms with Crippen molar-refractivity contribution in [2.45, 2.75) is 26.5 Å². The number of hydrogen-bond acceptors (Lipinski definition) is 5. The monoisotopic (exact) mass is 479 g/mol. The molecule has 1 aliphatic heterocycles. The summed E-state index contributed by atoms with van der Waals surface area (Å²) < 4.78 is 11.8. The number of nitrogens with zero attached hydrogens (tertiary/aromatic N) is 1. The summed E-state index contributed by atoms with van der Waals surface area (Å²) in [6.45, 7) is 4.07. The van der Waals surface area contributed by atoms with Crippen molar-refractivity contribution in [3.8, 4) is 5.75 Å². The summed E-state index contributed by atoms with van der Waals surface area (Å²) in [6, 6.07) is 26.5. The highest BCUT2D eigenvalue weighted by Crippen LogP contribution is 2.42. The normalized spacial score (nSPS) is 16.9. The fraction of sp³-hybridized carbons (Fsp3) is 0.133. The van der Waals surface area contributed by atoms with Gasteiger partial charge in [0.2, 0.25) is 0 Å². The molecule has 1 aliphatic rings. The zero-order chi connectivity index (χ0) is 25.2. The van der Waals surface area contributed by atoms with Gasteiger partial charge in [0.15, 0.2) is 0 Å². The number of aryl methyl sites for hydroxylation is 2. The minimum absolute atomic E-state index is 0.0180. The number of aliphatic hydroxyl groups is 1. The summed E-state index contributed by atoms with van der Waals surface area (Å²) in [4.78, 5) is 27.8. The molecule has 2 heterocycles. The average molecular weight is 480 g/mol. The quantitative estimate of drug-likeness (QED) is 0.205. The van der Waals surface area contributed by atoms with E-state index in [0.29, 0.717) is 35.1 Å². The number of ketones is 1. The zero-order valence-corrected chi connectivity index (χ0v) is 20.0. The molecule has 1 saturated heterocycles. The SMILES string of the molecule is Cc1ccc(C2/C(=C(/O)c3ccc(OCc4ccccc4)c(C)c3)C(=O)C(=O)N2c2ccccc2)o1. The maximum absolute atomic E-state index is 13.2. The number of Topliss-reactive ketones (excluding diaryl/α,β-unsaturated/α-hetero) is 1. The van der Waals surface area contributed by atoms with E-state index in [1.165, 1.54) is 4.90 Å². The molecule has 180 valence electrons. The topological polar surface area (TPSA) is 80.0 Å². The summed E-state index contributed by atoms with van der Waals surface area (Å²) in [5.74, 6) is -0.0447. The van der Waals surface area contributed by atoms with Crippen molar-refractivity contribution in [3.63, 3.8) is 0 Å². The molecule has 1 fully saturated rings. The number of carbonyl (C=O) groups excluding carboxylic acids is 2. The van der Waals surface area contributed by atoms with Crippen LogP contribution >= 0.6 is 0 Å². The predicted molar refractivity (Wildman–Crippen MR) is 137 cm³/mol. The largest absolute Gasteiger partial charge is 0.507 e. The number of carbonyl (C=O) groups is 2. The highest BCUT2D eigenvalue weighted by Gasteiger charge is 2.48. The molecule has 1 N–H and O–H groups in total. The van der Waals surface area contributed by atoms with Crippen LogP contribution in [0.25, 0.3) is 5.76 Å². The molecule has 4 aromatic rings. The van der Waals surface area contributed by atoms with Crippen molar-refractivity contribution in [1.82, 2.24) is 0 Å². The number of furan rings is 1. The number of hydrogen-bond donors (Lipinski definition) is 1. The summed E-state index contributed by atoms with van der Waals surface area (Å²) in [5.41, 5.74) is 2.77. The molecule has 1 amide bonds. The summed E-state index contributed by atoms with van der Waals surface area (Å²) in [6.07, 6.45) is 0. The first-order valence-corrected chi connectivity index (χ1v) is 11.6. The Hall–Kier alpha value is -4.58. The molecule has 0 bridgehead atoms. The van der Waals surface area contributed by atoms with Gasteiger partial charge in [-0.15, -0.1) is 0 Å². The van der Waals surface area contributed by atoms with E-state index in [9.17, 15) is 14.7 Å².